The summed E-state index contributed by atoms with van der Waals surface area (Å²) < 4.78 is 17.7. The lowest BCUT2D eigenvalue weighted by molar-refractivity contribution is 0.411. The Kier molecular flexibility index (Phi) is 3.30. The van der Waals surface area contributed by atoms with Crippen LogP contribution in [0.15, 0.2) is 18.2 Å². The van der Waals surface area contributed by atoms with Crippen molar-refractivity contribution in [2.75, 3.05) is 13.7 Å². The summed E-state index contributed by atoms with van der Waals surface area (Å²) in [5.41, 5.74) is 5.76. The molecule has 2 nitrogen and oxygen atoms in total. The van der Waals surface area contributed by atoms with Gasteiger partial charge in [-0.15, -0.1) is 0 Å². The largest absolute Gasteiger partial charge is 0.497 e. The van der Waals surface area contributed by atoms with Gasteiger partial charge in [0.25, 0.3) is 0 Å². The molecule has 0 saturated carbocycles. The van der Waals surface area contributed by atoms with Crippen molar-refractivity contribution in [1.29, 1.82) is 0 Å². The molecule has 0 aliphatic heterocycles. The number of rotatable bonds is 1. The van der Waals surface area contributed by atoms with Crippen LogP contribution in [-0.2, 0) is 0 Å². The maximum atomic E-state index is 12.9. The van der Waals surface area contributed by atoms with Gasteiger partial charge in [-0.2, -0.15) is 0 Å². The van der Waals surface area contributed by atoms with Gasteiger partial charge < -0.3 is 10.5 Å². The Morgan fingerprint density at radius 2 is 2.23 bits per heavy atom. The molecule has 0 atom stereocenters. The van der Waals surface area contributed by atoms with Gasteiger partial charge in [0.15, 0.2) is 0 Å². The summed E-state index contributed by atoms with van der Waals surface area (Å²) in [6, 6.07) is 4.30. The van der Waals surface area contributed by atoms with Crippen molar-refractivity contribution >= 4 is 0 Å². The third-order valence-electron chi connectivity index (χ3n) is 1.44. The first-order valence-electron chi connectivity index (χ1n) is 3.80. The molecular weight excluding hydrogens is 169 g/mol. The molecule has 0 aliphatic rings. The quantitative estimate of drug-likeness (QED) is 0.656. The Hall–Kier alpha value is -1.53. The fraction of sp³-hybridized carbons (Fsp3) is 0.200. The molecule has 0 saturated heterocycles. The Labute approximate surface area is 76.5 Å². The predicted octanol–water partition coefficient (Wildman–Crippen LogP) is 1.14. The molecule has 0 radical (unpaired) electrons. The van der Waals surface area contributed by atoms with E-state index in [0.29, 0.717) is 11.3 Å². The second kappa shape index (κ2) is 4.48. The highest BCUT2D eigenvalue weighted by Crippen LogP contribution is 2.14. The van der Waals surface area contributed by atoms with E-state index in [1.165, 1.54) is 19.2 Å². The number of nitrogens with two attached hydrogens (primary N) is 1. The Balaban J connectivity index is 3.01. The highest BCUT2D eigenvalue weighted by Gasteiger charge is 1.97. The summed E-state index contributed by atoms with van der Waals surface area (Å²) >= 11 is 0. The van der Waals surface area contributed by atoms with Gasteiger partial charge in [-0.05, 0) is 12.1 Å². The minimum atomic E-state index is -0.360. The Morgan fingerprint density at radius 1 is 1.46 bits per heavy atom. The van der Waals surface area contributed by atoms with Crippen LogP contribution in [0, 0.1) is 17.7 Å². The van der Waals surface area contributed by atoms with Crippen molar-refractivity contribution in [1.82, 2.24) is 0 Å². The third-order valence-corrected chi connectivity index (χ3v) is 1.44. The van der Waals surface area contributed by atoms with E-state index in [1.807, 2.05) is 0 Å². The van der Waals surface area contributed by atoms with Crippen LogP contribution in [-0.4, -0.2) is 13.7 Å². The number of benzene rings is 1. The van der Waals surface area contributed by atoms with Crippen molar-refractivity contribution < 1.29 is 9.13 Å². The molecule has 2 N–H and O–H groups in total. The second-order valence-corrected chi connectivity index (χ2v) is 2.39. The Morgan fingerprint density at radius 3 is 2.85 bits per heavy atom. The lowest BCUT2D eigenvalue weighted by Crippen LogP contribution is -1.93. The minimum absolute atomic E-state index is 0.263. The molecular formula is C10H10FNO. The molecule has 1 aromatic carbocycles. The molecule has 1 rings (SSSR count). The van der Waals surface area contributed by atoms with E-state index < -0.39 is 0 Å². The summed E-state index contributed by atoms with van der Waals surface area (Å²) in [6.45, 7) is 0.263. The van der Waals surface area contributed by atoms with Crippen molar-refractivity contribution in [3.8, 4) is 17.6 Å². The van der Waals surface area contributed by atoms with Crippen LogP contribution >= 0.6 is 0 Å². The molecule has 0 amide bonds. The summed E-state index contributed by atoms with van der Waals surface area (Å²) in [5.74, 6) is 5.46. The van der Waals surface area contributed by atoms with E-state index in [2.05, 4.69) is 11.8 Å². The monoisotopic (exact) mass is 179 g/mol. The molecule has 0 aromatic heterocycles. The summed E-state index contributed by atoms with van der Waals surface area (Å²) in [6.07, 6.45) is 0. The van der Waals surface area contributed by atoms with Crippen LogP contribution in [0.2, 0.25) is 0 Å². The van der Waals surface area contributed by atoms with Gasteiger partial charge in [-0.3, -0.25) is 0 Å². The molecule has 0 fully saturated rings. The molecule has 0 bridgehead atoms. The molecule has 0 spiro atoms. The maximum Gasteiger partial charge on any atom is 0.128 e. The standard InChI is InChI=1S/C10H10FNO/c1-13-10-6-8(3-2-4-12)5-9(11)7-10/h5-7H,4,12H2,1H3. The molecule has 0 unspecified atom stereocenters. The summed E-state index contributed by atoms with van der Waals surface area (Å²) in [4.78, 5) is 0. The first kappa shape index (κ1) is 9.56. The smallest absolute Gasteiger partial charge is 0.128 e. The molecule has 13 heavy (non-hydrogen) atoms. The zero-order chi connectivity index (χ0) is 9.68. The zero-order valence-electron chi connectivity index (χ0n) is 7.30. The van der Waals surface area contributed by atoms with Crippen molar-refractivity contribution in [3.63, 3.8) is 0 Å². The van der Waals surface area contributed by atoms with E-state index in [9.17, 15) is 4.39 Å². The normalized spacial score (nSPS) is 8.85. The highest BCUT2D eigenvalue weighted by atomic mass is 19.1. The van der Waals surface area contributed by atoms with E-state index in [1.54, 1.807) is 6.07 Å². The van der Waals surface area contributed by atoms with E-state index in [0.717, 1.165) is 0 Å². The van der Waals surface area contributed by atoms with Crippen molar-refractivity contribution in [3.05, 3.63) is 29.6 Å². The van der Waals surface area contributed by atoms with Crippen LogP contribution in [0.4, 0.5) is 4.39 Å². The number of methoxy groups -OCH3 is 1. The van der Waals surface area contributed by atoms with Gasteiger partial charge >= 0.3 is 0 Å². The van der Waals surface area contributed by atoms with Gasteiger partial charge in [0.05, 0.1) is 13.7 Å². The maximum absolute atomic E-state index is 12.9. The Bertz CT molecular complexity index is 352. The van der Waals surface area contributed by atoms with Crippen LogP contribution in [0.3, 0.4) is 0 Å². The molecule has 3 heteroatoms. The lowest BCUT2D eigenvalue weighted by atomic mass is 10.2. The first-order valence-corrected chi connectivity index (χ1v) is 3.80. The van der Waals surface area contributed by atoms with Gasteiger partial charge in [0.1, 0.15) is 11.6 Å². The SMILES string of the molecule is COc1cc(F)cc(C#CCN)c1. The van der Waals surface area contributed by atoms with E-state index in [4.69, 9.17) is 10.5 Å². The number of hydrogen-bond donors (Lipinski definition) is 1. The number of hydrogen-bond acceptors (Lipinski definition) is 2. The van der Waals surface area contributed by atoms with Gasteiger partial charge in [-0.25, -0.2) is 4.39 Å². The fourth-order valence-corrected chi connectivity index (χ4v) is 0.906. The third kappa shape index (κ3) is 2.77. The summed E-state index contributed by atoms with van der Waals surface area (Å²) in [7, 11) is 1.48. The van der Waals surface area contributed by atoms with Crippen LogP contribution < -0.4 is 10.5 Å². The summed E-state index contributed by atoms with van der Waals surface area (Å²) in [5, 5.41) is 0. The van der Waals surface area contributed by atoms with Crippen molar-refractivity contribution in [2.24, 2.45) is 5.73 Å². The van der Waals surface area contributed by atoms with Crippen LogP contribution in [0.25, 0.3) is 0 Å². The molecule has 0 aliphatic carbocycles. The second-order valence-electron chi connectivity index (χ2n) is 2.39. The first-order chi connectivity index (χ1) is 6.26. The average molecular weight is 179 g/mol. The van der Waals surface area contributed by atoms with Gasteiger partial charge in [0.2, 0.25) is 0 Å². The van der Waals surface area contributed by atoms with Gasteiger partial charge in [-0.1, -0.05) is 11.8 Å². The number of halogens is 1. The van der Waals surface area contributed by atoms with Crippen molar-refractivity contribution in [2.45, 2.75) is 0 Å². The molecule has 0 heterocycles. The van der Waals surface area contributed by atoms with E-state index >= 15 is 0 Å². The van der Waals surface area contributed by atoms with Gasteiger partial charge in [0, 0.05) is 11.6 Å². The predicted molar refractivity (Wildman–Crippen MR) is 48.9 cm³/mol. The van der Waals surface area contributed by atoms with Crippen LogP contribution in [0.1, 0.15) is 5.56 Å². The fourth-order valence-electron chi connectivity index (χ4n) is 0.906. The molecule has 1 aromatic rings. The van der Waals surface area contributed by atoms with E-state index in [-0.39, 0.29) is 12.4 Å². The zero-order valence-corrected chi connectivity index (χ0v) is 7.30. The van der Waals surface area contributed by atoms with Crippen LogP contribution in [0.5, 0.6) is 5.75 Å². The average Bonchev–Trinajstić information content (AvgIpc) is 2.14. The lowest BCUT2D eigenvalue weighted by Gasteiger charge is -1.99. The molecule has 68 valence electrons. The number of ether oxygens (including phenoxy) is 1. The highest BCUT2D eigenvalue weighted by molar-refractivity contribution is 5.40. The topological polar surface area (TPSA) is 35.2 Å². The minimum Gasteiger partial charge on any atom is -0.497 e.